The number of para-hydroxylation sites is 1. The number of H-pyrrole nitrogens is 1. The van der Waals surface area contributed by atoms with E-state index < -0.39 is 6.04 Å². The van der Waals surface area contributed by atoms with Crippen LogP contribution < -0.4 is 10.6 Å². The van der Waals surface area contributed by atoms with Gasteiger partial charge in [0.2, 0.25) is 11.8 Å². The summed E-state index contributed by atoms with van der Waals surface area (Å²) in [4.78, 5) is 26.1. The molecule has 0 aliphatic carbocycles. The molecule has 2 amide bonds. The smallest absolute Gasteiger partial charge is 0.243 e. The Morgan fingerprint density at radius 2 is 2.06 bits per heavy atom. The van der Waals surface area contributed by atoms with Crippen molar-refractivity contribution in [1.29, 1.82) is 0 Å². The second-order valence-corrected chi connectivity index (χ2v) is 4.42. The second kappa shape index (κ2) is 4.18. The highest BCUT2D eigenvalue weighted by molar-refractivity contribution is 5.95. The van der Waals surface area contributed by atoms with Crippen LogP contribution >= 0.6 is 0 Å². The number of amides is 2. The lowest BCUT2D eigenvalue weighted by Crippen LogP contribution is -2.56. The highest BCUT2D eigenvalue weighted by Crippen LogP contribution is 2.16. The molecule has 92 valence electrons. The Hall–Kier alpha value is -2.30. The van der Waals surface area contributed by atoms with Gasteiger partial charge in [-0.15, -0.1) is 0 Å². The van der Waals surface area contributed by atoms with Crippen molar-refractivity contribution in [3.63, 3.8) is 0 Å². The molecule has 0 spiro atoms. The molecule has 1 aromatic heterocycles. The normalized spacial score (nSPS) is 19.7. The van der Waals surface area contributed by atoms with Crippen molar-refractivity contribution < 1.29 is 9.59 Å². The van der Waals surface area contributed by atoms with Gasteiger partial charge in [-0.25, -0.2) is 0 Å². The van der Waals surface area contributed by atoms with E-state index in [1.807, 2.05) is 30.3 Å². The van der Waals surface area contributed by atoms with Crippen LogP contribution in [0.15, 0.2) is 30.3 Å². The average Bonchev–Trinajstić information content (AvgIpc) is 2.76. The number of hydrogen-bond donors (Lipinski definition) is 3. The van der Waals surface area contributed by atoms with Crippen molar-refractivity contribution in [2.45, 2.75) is 12.5 Å². The predicted molar refractivity (Wildman–Crippen MR) is 66.9 cm³/mol. The number of nitrogens with one attached hydrogen (secondary N) is 3. The molecule has 1 aliphatic heterocycles. The van der Waals surface area contributed by atoms with E-state index in [9.17, 15) is 9.59 Å². The molecule has 1 aromatic carbocycles. The summed E-state index contributed by atoms with van der Waals surface area (Å²) in [7, 11) is 0. The minimum Gasteiger partial charge on any atom is -0.358 e. The molecule has 1 saturated heterocycles. The molecule has 18 heavy (non-hydrogen) atoms. The lowest BCUT2D eigenvalue weighted by Gasteiger charge is -2.22. The van der Waals surface area contributed by atoms with Gasteiger partial charge >= 0.3 is 0 Å². The van der Waals surface area contributed by atoms with Gasteiger partial charge in [-0.3, -0.25) is 9.59 Å². The van der Waals surface area contributed by atoms with Crippen molar-refractivity contribution in [3.8, 4) is 0 Å². The molecule has 5 nitrogen and oxygen atoms in total. The Kier molecular flexibility index (Phi) is 2.51. The third-order valence-corrected chi connectivity index (χ3v) is 3.08. The maximum atomic E-state index is 11.6. The summed E-state index contributed by atoms with van der Waals surface area (Å²) in [6, 6.07) is 9.43. The van der Waals surface area contributed by atoms with Crippen LogP contribution in [0.4, 0.5) is 0 Å². The summed E-state index contributed by atoms with van der Waals surface area (Å²) < 4.78 is 0. The van der Waals surface area contributed by atoms with E-state index in [1.54, 1.807) is 0 Å². The van der Waals surface area contributed by atoms with E-state index >= 15 is 0 Å². The lowest BCUT2D eigenvalue weighted by atomic mass is 10.1. The van der Waals surface area contributed by atoms with E-state index in [-0.39, 0.29) is 18.4 Å². The number of rotatable bonds is 2. The monoisotopic (exact) mass is 243 g/mol. The first kappa shape index (κ1) is 10.8. The number of benzene rings is 1. The fraction of sp³-hybridized carbons (Fsp3) is 0.231. The quantitative estimate of drug-likeness (QED) is 0.711. The van der Waals surface area contributed by atoms with Gasteiger partial charge in [-0.2, -0.15) is 0 Å². The molecule has 1 atom stereocenters. The molecule has 5 heteroatoms. The van der Waals surface area contributed by atoms with Crippen LogP contribution in [0.1, 0.15) is 5.69 Å². The first-order chi connectivity index (χ1) is 8.72. The van der Waals surface area contributed by atoms with Gasteiger partial charge in [0.25, 0.3) is 0 Å². The van der Waals surface area contributed by atoms with Crippen molar-refractivity contribution in [2.75, 3.05) is 6.54 Å². The Morgan fingerprint density at radius 1 is 1.22 bits per heavy atom. The molecular weight excluding hydrogens is 230 g/mol. The number of aromatic amines is 1. The standard InChI is InChI=1S/C13H13N3O2/c17-12-7-14-13(18)11(16-12)6-9-5-8-3-1-2-4-10(8)15-9/h1-5,11,15H,6-7H2,(H,14,18)(H,16,17). The Bertz CT molecular complexity index is 584. The molecule has 3 N–H and O–H groups in total. The Balaban J connectivity index is 1.83. The van der Waals surface area contributed by atoms with Crippen molar-refractivity contribution in [2.24, 2.45) is 0 Å². The van der Waals surface area contributed by atoms with Crippen LogP contribution in [0, 0.1) is 0 Å². The van der Waals surface area contributed by atoms with Gasteiger partial charge in [-0.1, -0.05) is 18.2 Å². The number of aromatic nitrogens is 1. The summed E-state index contributed by atoms with van der Waals surface area (Å²) in [5.41, 5.74) is 1.98. The molecule has 2 aromatic rings. The first-order valence-corrected chi connectivity index (χ1v) is 5.86. The molecule has 1 unspecified atom stereocenters. The Morgan fingerprint density at radius 3 is 2.89 bits per heavy atom. The first-order valence-electron chi connectivity index (χ1n) is 5.86. The summed E-state index contributed by atoms with van der Waals surface area (Å²) >= 11 is 0. The van der Waals surface area contributed by atoms with E-state index in [0.717, 1.165) is 16.6 Å². The van der Waals surface area contributed by atoms with E-state index in [0.29, 0.717) is 6.42 Å². The minimum absolute atomic E-state index is 0.0715. The number of fused-ring (bicyclic) bond motifs is 1. The molecule has 3 rings (SSSR count). The van der Waals surface area contributed by atoms with E-state index in [4.69, 9.17) is 0 Å². The summed E-state index contributed by atoms with van der Waals surface area (Å²) in [6.07, 6.45) is 0.478. The lowest BCUT2D eigenvalue weighted by molar-refractivity contribution is -0.133. The highest BCUT2D eigenvalue weighted by Gasteiger charge is 2.26. The van der Waals surface area contributed by atoms with Crippen LogP contribution in [0.2, 0.25) is 0 Å². The third kappa shape index (κ3) is 1.95. The number of carbonyl (C=O) groups excluding carboxylic acids is 2. The van der Waals surface area contributed by atoms with Crippen LogP contribution in [-0.2, 0) is 16.0 Å². The SMILES string of the molecule is O=C1CNC(=O)C(Cc2cc3ccccc3[nH]2)N1. The molecule has 0 radical (unpaired) electrons. The van der Waals surface area contributed by atoms with Gasteiger partial charge in [0.15, 0.2) is 0 Å². The molecule has 1 aliphatic rings. The van der Waals surface area contributed by atoms with Gasteiger partial charge < -0.3 is 15.6 Å². The van der Waals surface area contributed by atoms with Crippen molar-refractivity contribution >= 4 is 22.7 Å². The zero-order valence-corrected chi connectivity index (χ0v) is 9.69. The number of carbonyl (C=O) groups is 2. The molecule has 1 fully saturated rings. The zero-order valence-electron chi connectivity index (χ0n) is 9.69. The van der Waals surface area contributed by atoms with Crippen molar-refractivity contribution in [1.82, 2.24) is 15.6 Å². The van der Waals surface area contributed by atoms with Gasteiger partial charge in [0.05, 0.1) is 6.54 Å². The minimum atomic E-state index is -0.487. The molecule has 0 bridgehead atoms. The summed E-state index contributed by atoms with van der Waals surface area (Å²) in [5.74, 6) is -0.274. The highest BCUT2D eigenvalue weighted by atomic mass is 16.2. The number of piperazine rings is 1. The fourth-order valence-corrected chi connectivity index (χ4v) is 2.21. The maximum Gasteiger partial charge on any atom is 0.243 e. The topological polar surface area (TPSA) is 74.0 Å². The number of hydrogen-bond acceptors (Lipinski definition) is 2. The van der Waals surface area contributed by atoms with Gasteiger partial charge in [0.1, 0.15) is 6.04 Å². The van der Waals surface area contributed by atoms with E-state index in [1.165, 1.54) is 0 Å². The summed E-state index contributed by atoms with van der Waals surface area (Å²) in [6.45, 7) is 0.0715. The van der Waals surface area contributed by atoms with Crippen LogP contribution in [0.3, 0.4) is 0 Å². The maximum absolute atomic E-state index is 11.6. The van der Waals surface area contributed by atoms with E-state index in [2.05, 4.69) is 15.6 Å². The Labute approximate surface area is 104 Å². The third-order valence-electron chi connectivity index (χ3n) is 3.08. The average molecular weight is 243 g/mol. The van der Waals surface area contributed by atoms with Crippen molar-refractivity contribution in [3.05, 3.63) is 36.0 Å². The van der Waals surface area contributed by atoms with Gasteiger partial charge in [-0.05, 0) is 17.5 Å². The van der Waals surface area contributed by atoms with Gasteiger partial charge in [0, 0.05) is 17.6 Å². The largest absolute Gasteiger partial charge is 0.358 e. The zero-order chi connectivity index (χ0) is 12.5. The fourth-order valence-electron chi connectivity index (χ4n) is 2.21. The van der Waals surface area contributed by atoms with Crippen LogP contribution in [-0.4, -0.2) is 29.4 Å². The summed E-state index contributed by atoms with van der Waals surface area (Å²) in [5, 5.41) is 6.37. The molecular formula is C13H13N3O2. The predicted octanol–water partition coefficient (Wildman–Crippen LogP) is 0.325. The van der Waals surface area contributed by atoms with Crippen LogP contribution in [0.5, 0.6) is 0 Å². The molecule has 2 heterocycles. The molecule has 0 saturated carbocycles. The van der Waals surface area contributed by atoms with Crippen LogP contribution in [0.25, 0.3) is 10.9 Å². The second-order valence-electron chi connectivity index (χ2n) is 4.42.